The molecule has 1 amide bonds. The van der Waals surface area contributed by atoms with Crippen LogP contribution in [0.5, 0.6) is 5.88 Å². The summed E-state index contributed by atoms with van der Waals surface area (Å²) in [5.41, 5.74) is 4.82. The largest absolute Gasteiger partial charge is 0.492 e. The Kier molecular flexibility index (Phi) is 12.2. The normalized spacial score (nSPS) is 14.4. The number of thioether (sulfide) groups is 1. The number of benzene rings is 2. The molecule has 0 bridgehead atoms. The van der Waals surface area contributed by atoms with Crippen LogP contribution < -0.4 is 10.6 Å². The van der Waals surface area contributed by atoms with Crippen LogP contribution >= 0.6 is 46.3 Å². The van der Waals surface area contributed by atoms with E-state index in [0.717, 1.165) is 39.6 Å². The topological polar surface area (TPSA) is 158 Å². The highest BCUT2D eigenvalue weighted by molar-refractivity contribution is 8.15. The minimum Gasteiger partial charge on any atom is -0.492 e. The van der Waals surface area contributed by atoms with Crippen molar-refractivity contribution in [3.8, 4) is 5.88 Å². The number of amidine groups is 1. The Labute approximate surface area is 319 Å². The summed E-state index contributed by atoms with van der Waals surface area (Å²) < 4.78 is 26.1. The van der Waals surface area contributed by atoms with Gasteiger partial charge in [-0.25, -0.2) is 23.7 Å². The minimum absolute atomic E-state index is 0.0408. The molecule has 11 nitrogen and oxygen atoms in total. The Bertz CT molecular complexity index is 2400. The first-order valence-corrected chi connectivity index (χ1v) is 18.1. The highest BCUT2D eigenvalue weighted by Crippen LogP contribution is 2.35. The van der Waals surface area contributed by atoms with Crippen molar-refractivity contribution >= 4 is 104 Å². The van der Waals surface area contributed by atoms with E-state index in [-0.39, 0.29) is 21.8 Å². The number of halogens is 4. The number of fused-ring (bicyclic) bond motifs is 2. The molecule has 53 heavy (non-hydrogen) atoms. The fourth-order valence-electron chi connectivity index (χ4n) is 4.79. The molecule has 0 saturated carbocycles. The number of aromatic nitrogens is 4. The third kappa shape index (κ3) is 9.70. The average Bonchev–Trinajstić information content (AvgIpc) is 3.97. The molecule has 0 aliphatic carbocycles. The number of carbonyl (C=O) groups is 2. The maximum absolute atomic E-state index is 13.2. The number of thiazole rings is 1. The number of aromatic amines is 1. The first-order chi connectivity index (χ1) is 25.7. The lowest BCUT2D eigenvalue weighted by molar-refractivity contribution is -0.116. The van der Waals surface area contributed by atoms with Gasteiger partial charge in [0.25, 0.3) is 0 Å². The Hall–Kier alpha value is -5.48. The maximum atomic E-state index is 13.2. The van der Waals surface area contributed by atoms with Gasteiger partial charge in [0, 0.05) is 53.4 Å². The number of amides is 1. The lowest BCUT2D eigenvalue weighted by atomic mass is 10.1. The Morgan fingerprint density at radius 2 is 1.74 bits per heavy atom. The summed E-state index contributed by atoms with van der Waals surface area (Å²) in [7, 11) is 0. The molecule has 4 aromatic heterocycles. The van der Waals surface area contributed by atoms with Crippen molar-refractivity contribution in [1.29, 1.82) is 0 Å². The summed E-state index contributed by atoms with van der Waals surface area (Å²) in [5.74, 6) is 0.0668. The van der Waals surface area contributed by atoms with Gasteiger partial charge in [-0.05, 0) is 65.7 Å². The van der Waals surface area contributed by atoms with Crippen molar-refractivity contribution in [1.82, 2.24) is 25.3 Å². The van der Waals surface area contributed by atoms with Gasteiger partial charge < -0.3 is 20.7 Å². The van der Waals surface area contributed by atoms with Gasteiger partial charge in [-0.3, -0.25) is 14.6 Å². The SMILES string of the molecule is O=C1CSC(=NCc2ccc(F)c(Cl)c2)N1.O=Cc1c[nH]c2ncccc12.Oc1nc(NCc2ccc(F)c(Cl)c2)sc1C=C1C=Nc2ncccc21. The van der Waals surface area contributed by atoms with E-state index in [9.17, 15) is 23.5 Å². The number of aliphatic imine (C=N–C) groups is 2. The number of nitrogens with zero attached hydrogens (tertiary/aromatic N) is 5. The fraction of sp³-hybridized carbons (Fsp3) is 0.0833. The second-order valence-electron chi connectivity index (χ2n) is 11.0. The number of rotatable bonds is 7. The van der Waals surface area contributed by atoms with E-state index in [1.54, 1.807) is 43.0 Å². The number of nitrogens with one attached hydrogen (secondary N) is 3. The summed E-state index contributed by atoms with van der Waals surface area (Å²) in [4.78, 5) is 45.6. The Morgan fingerprint density at radius 1 is 1.00 bits per heavy atom. The van der Waals surface area contributed by atoms with Crippen molar-refractivity contribution in [3.05, 3.63) is 128 Å². The van der Waals surface area contributed by atoms with Crippen molar-refractivity contribution in [2.75, 3.05) is 11.1 Å². The number of hydrogen-bond donors (Lipinski definition) is 4. The van der Waals surface area contributed by atoms with E-state index >= 15 is 0 Å². The van der Waals surface area contributed by atoms with E-state index in [4.69, 9.17) is 23.2 Å². The first kappa shape index (κ1) is 37.3. The van der Waals surface area contributed by atoms with Crippen LogP contribution in [0.1, 0.15) is 31.9 Å². The van der Waals surface area contributed by atoms with E-state index in [0.29, 0.717) is 45.4 Å². The van der Waals surface area contributed by atoms with Gasteiger partial charge in [-0.2, -0.15) is 4.98 Å². The van der Waals surface area contributed by atoms with Crippen molar-refractivity contribution < 1.29 is 23.5 Å². The molecule has 1 saturated heterocycles. The van der Waals surface area contributed by atoms with Crippen molar-refractivity contribution in [3.63, 3.8) is 0 Å². The second kappa shape index (κ2) is 17.4. The number of pyridine rings is 2. The smallest absolute Gasteiger partial charge is 0.236 e. The van der Waals surface area contributed by atoms with Crippen molar-refractivity contribution in [2.45, 2.75) is 13.1 Å². The van der Waals surface area contributed by atoms with E-state index in [1.807, 2.05) is 30.3 Å². The third-order valence-corrected chi connectivity index (χ3v) is 9.80. The first-order valence-electron chi connectivity index (χ1n) is 15.5. The molecular weight excluding hydrogens is 765 g/mol. The van der Waals surface area contributed by atoms with Gasteiger partial charge in [0.2, 0.25) is 11.8 Å². The molecule has 0 radical (unpaired) electrons. The van der Waals surface area contributed by atoms with Gasteiger partial charge in [-0.15, -0.1) is 0 Å². The molecule has 0 unspecified atom stereocenters. The minimum atomic E-state index is -0.454. The number of anilines is 1. The van der Waals surface area contributed by atoms with Crippen LogP contribution in [0.3, 0.4) is 0 Å². The number of aromatic hydroxyl groups is 1. The lowest BCUT2D eigenvalue weighted by Gasteiger charge is -2.03. The third-order valence-electron chi connectivity index (χ3n) is 7.36. The van der Waals surface area contributed by atoms with Gasteiger partial charge in [-0.1, -0.05) is 58.4 Å². The van der Waals surface area contributed by atoms with Gasteiger partial charge in [0.05, 0.1) is 27.2 Å². The predicted molar refractivity (Wildman–Crippen MR) is 207 cm³/mol. The summed E-state index contributed by atoms with van der Waals surface area (Å²) in [6.07, 6.45) is 9.39. The molecule has 8 rings (SSSR count). The summed E-state index contributed by atoms with van der Waals surface area (Å²) in [6.45, 7) is 0.791. The second-order valence-corrected chi connectivity index (χ2v) is 13.8. The van der Waals surface area contributed by atoms with Crippen LogP contribution in [0.2, 0.25) is 10.0 Å². The van der Waals surface area contributed by atoms with Gasteiger partial charge in [0.15, 0.2) is 22.4 Å². The van der Waals surface area contributed by atoms with Crippen molar-refractivity contribution in [2.24, 2.45) is 9.98 Å². The van der Waals surface area contributed by atoms with E-state index in [1.165, 1.54) is 41.3 Å². The van der Waals surface area contributed by atoms with Gasteiger partial charge in [0.1, 0.15) is 17.3 Å². The molecular formula is C36H26Cl2F2N8O3S2. The summed E-state index contributed by atoms with van der Waals surface area (Å²) in [5, 5.41) is 18.0. The molecule has 0 spiro atoms. The average molecular weight is 792 g/mol. The molecule has 1 fully saturated rings. The van der Waals surface area contributed by atoms with E-state index in [2.05, 4.69) is 40.6 Å². The monoisotopic (exact) mass is 790 g/mol. The molecule has 2 aliphatic rings. The molecule has 6 aromatic rings. The highest BCUT2D eigenvalue weighted by Gasteiger charge is 2.17. The number of allylic oxidation sites excluding steroid dienone is 1. The number of hydrogen-bond acceptors (Lipinski definition) is 11. The zero-order chi connectivity index (χ0) is 37.3. The molecule has 0 atom stereocenters. The maximum Gasteiger partial charge on any atom is 0.236 e. The number of carbonyl (C=O) groups excluding carboxylic acids is 2. The Morgan fingerprint density at radius 3 is 2.47 bits per heavy atom. The predicted octanol–water partition coefficient (Wildman–Crippen LogP) is 8.48. The molecule has 6 heterocycles. The molecule has 17 heteroatoms. The lowest BCUT2D eigenvalue weighted by Crippen LogP contribution is -2.20. The molecule has 4 N–H and O–H groups in total. The fourth-order valence-corrected chi connectivity index (χ4v) is 6.68. The van der Waals surface area contributed by atoms with Crippen LogP contribution in [0.4, 0.5) is 19.7 Å². The van der Waals surface area contributed by atoms with Crippen LogP contribution in [0.25, 0.3) is 22.7 Å². The Balaban J connectivity index is 0.000000151. The zero-order valence-electron chi connectivity index (χ0n) is 27.2. The zero-order valence-corrected chi connectivity index (χ0v) is 30.3. The summed E-state index contributed by atoms with van der Waals surface area (Å²) in [6, 6.07) is 16.4. The summed E-state index contributed by atoms with van der Waals surface area (Å²) >= 11 is 14.1. The van der Waals surface area contributed by atoms with Gasteiger partial charge >= 0.3 is 0 Å². The van der Waals surface area contributed by atoms with E-state index < -0.39 is 11.6 Å². The van der Waals surface area contributed by atoms with Crippen LogP contribution in [0, 0.1) is 11.6 Å². The number of H-pyrrole nitrogens is 1. The highest BCUT2D eigenvalue weighted by atomic mass is 35.5. The molecule has 268 valence electrons. The quantitative estimate of drug-likeness (QED) is 0.117. The van der Waals surface area contributed by atoms with Crippen LogP contribution in [-0.2, 0) is 17.9 Å². The standard InChI is InChI=1S/C18H12ClFN4OS.C10H8ClFN2OS.C8H6N2O/c19-13-6-10(3-4-14(13)20)8-23-18-24-17(25)15(26-18)7-11-9-22-16-12(11)2-1-5-21-16;11-7-3-6(1-2-8(7)12)4-13-10-14-9(15)5-16-10;11-5-6-4-10-8-7(6)2-1-3-9-8/h1-7,9,25H,8H2,(H,23,24);1-3H,4-5H2,(H,13,14,15);1-5H,(H,9,10). The molecule has 2 aliphatic heterocycles. The molecule has 2 aromatic carbocycles. The number of aldehydes is 1. The van der Waals surface area contributed by atoms with Crippen LogP contribution in [0.15, 0.2) is 89.2 Å². The van der Waals surface area contributed by atoms with Crippen LogP contribution in [-0.4, -0.2) is 54.4 Å².